The molecular formula is C27H19ClN4. The standard InChI is InChI=1S/C27H19ClN4/c28-22-15-16-24(29)23(17-22)18-11-13-21(14-12-18)27-31-25(19-7-3-1-4-8-19)30-26(32-27)20-9-5-2-6-10-20/h1-17H,29H2. The molecule has 0 saturated carbocycles. The zero-order valence-corrected chi connectivity index (χ0v) is 17.9. The first-order valence-corrected chi connectivity index (χ1v) is 10.6. The first-order valence-electron chi connectivity index (χ1n) is 10.2. The smallest absolute Gasteiger partial charge is 0.164 e. The van der Waals surface area contributed by atoms with E-state index in [1.807, 2.05) is 97.1 Å². The molecule has 5 rings (SSSR count). The molecule has 4 nitrogen and oxygen atoms in total. The third-order valence-corrected chi connectivity index (χ3v) is 5.40. The van der Waals surface area contributed by atoms with E-state index < -0.39 is 0 Å². The fraction of sp³-hybridized carbons (Fsp3) is 0. The molecule has 0 spiro atoms. The summed E-state index contributed by atoms with van der Waals surface area (Å²) in [6.45, 7) is 0. The number of anilines is 1. The predicted molar refractivity (Wildman–Crippen MR) is 131 cm³/mol. The fourth-order valence-corrected chi connectivity index (χ4v) is 3.69. The number of hydrogen-bond acceptors (Lipinski definition) is 4. The molecule has 5 heteroatoms. The monoisotopic (exact) mass is 434 g/mol. The van der Waals surface area contributed by atoms with E-state index >= 15 is 0 Å². The van der Waals surface area contributed by atoms with Crippen LogP contribution in [0.5, 0.6) is 0 Å². The van der Waals surface area contributed by atoms with Crippen molar-refractivity contribution in [3.05, 3.63) is 108 Å². The number of nitrogens with two attached hydrogens (primary N) is 1. The van der Waals surface area contributed by atoms with Gasteiger partial charge in [0.2, 0.25) is 0 Å². The molecule has 0 aliphatic heterocycles. The van der Waals surface area contributed by atoms with Crippen molar-refractivity contribution in [2.24, 2.45) is 0 Å². The summed E-state index contributed by atoms with van der Waals surface area (Å²) >= 11 is 6.16. The largest absolute Gasteiger partial charge is 0.398 e. The van der Waals surface area contributed by atoms with Gasteiger partial charge in [-0.2, -0.15) is 0 Å². The van der Waals surface area contributed by atoms with Crippen LogP contribution in [0.1, 0.15) is 0 Å². The van der Waals surface area contributed by atoms with Crippen LogP contribution in [0, 0.1) is 0 Å². The maximum absolute atomic E-state index is 6.16. The SMILES string of the molecule is Nc1ccc(Cl)cc1-c1ccc(-c2nc(-c3ccccc3)nc(-c3ccccc3)n2)cc1. The molecule has 154 valence electrons. The number of nitrogen functional groups attached to an aromatic ring is 1. The highest BCUT2D eigenvalue weighted by molar-refractivity contribution is 6.31. The molecule has 0 atom stereocenters. The summed E-state index contributed by atoms with van der Waals surface area (Å²) in [7, 11) is 0. The van der Waals surface area contributed by atoms with Crippen molar-refractivity contribution in [2.45, 2.75) is 0 Å². The zero-order valence-electron chi connectivity index (χ0n) is 17.1. The molecule has 0 radical (unpaired) electrons. The Morgan fingerprint density at radius 2 is 0.938 bits per heavy atom. The normalized spacial score (nSPS) is 10.8. The van der Waals surface area contributed by atoms with Gasteiger partial charge in [-0.3, -0.25) is 0 Å². The van der Waals surface area contributed by atoms with Gasteiger partial charge in [-0.05, 0) is 23.8 Å². The quantitative estimate of drug-likeness (QED) is 0.317. The zero-order chi connectivity index (χ0) is 21.9. The Morgan fingerprint density at radius 1 is 0.500 bits per heavy atom. The van der Waals surface area contributed by atoms with E-state index in [4.69, 9.17) is 32.3 Å². The van der Waals surface area contributed by atoms with Crippen molar-refractivity contribution in [3.8, 4) is 45.3 Å². The number of aromatic nitrogens is 3. The van der Waals surface area contributed by atoms with Crippen LogP contribution >= 0.6 is 11.6 Å². The molecule has 5 aromatic rings. The van der Waals surface area contributed by atoms with Crippen LogP contribution in [-0.2, 0) is 0 Å². The molecule has 1 aromatic heterocycles. The van der Waals surface area contributed by atoms with Gasteiger partial charge in [-0.1, -0.05) is 96.5 Å². The van der Waals surface area contributed by atoms with E-state index in [1.165, 1.54) is 0 Å². The summed E-state index contributed by atoms with van der Waals surface area (Å²) < 4.78 is 0. The Balaban J connectivity index is 1.60. The molecular weight excluding hydrogens is 416 g/mol. The number of rotatable bonds is 4. The first kappa shape index (κ1) is 19.9. The Hall–Kier alpha value is -4.02. The van der Waals surface area contributed by atoms with E-state index in [1.54, 1.807) is 6.07 Å². The van der Waals surface area contributed by atoms with Crippen LogP contribution in [0.15, 0.2) is 103 Å². The molecule has 0 bridgehead atoms. The van der Waals surface area contributed by atoms with Crippen molar-refractivity contribution in [2.75, 3.05) is 5.73 Å². The first-order chi connectivity index (χ1) is 15.7. The highest BCUT2D eigenvalue weighted by Gasteiger charge is 2.12. The minimum absolute atomic E-state index is 0.614. The predicted octanol–water partition coefficient (Wildman–Crippen LogP) is 6.78. The van der Waals surface area contributed by atoms with Gasteiger partial charge in [0.1, 0.15) is 0 Å². The Bertz CT molecular complexity index is 1310. The molecule has 2 N–H and O–H groups in total. The summed E-state index contributed by atoms with van der Waals surface area (Å²) in [5, 5.41) is 0.649. The van der Waals surface area contributed by atoms with Crippen molar-refractivity contribution in [3.63, 3.8) is 0 Å². The van der Waals surface area contributed by atoms with E-state index in [-0.39, 0.29) is 0 Å². The summed E-state index contributed by atoms with van der Waals surface area (Å²) in [5.41, 5.74) is 11.5. The maximum Gasteiger partial charge on any atom is 0.164 e. The maximum atomic E-state index is 6.16. The molecule has 0 amide bonds. The van der Waals surface area contributed by atoms with Crippen molar-refractivity contribution in [1.29, 1.82) is 0 Å². The summed E-state index contributed by atoms with van der Waals surface area (Å²) in [6.07, 6.45) is 0. The second-order valence-corrected chi connectivity index (χ2v) is 7.78. The van der Waals surface area contributed by atoms with Crippen LogP contribution in [0.4, 0.5) is 5.69 Å². The van der Waals surface area contributed by atoms with Gasteiger partial charge >= 0.3 is 0 Å². The van der Waals surface area contributed by atoms with Gasteiger partial charge in [0.05, 0.1) is 0 Å². The molecule has 0 saturated heterocycles. The average molecular weight is 435 g/mol. The van der Waals surface area contributed by atoms with Crippen LogP contribution in [0.3, 0.4) is 0 Å². The Kier molecular flexibility index (Phi) is 5.36. The molecule has 0 aliphatic rings. The summed E-state index contributed by atoms with van der Waals surface area (Å²) in [5.74, 6) is 1.89. The highest BCUT2D eigenvalue weighted by Crippen LogP contribution is 2.31. The van der Waals surface area contributed by atoms with Crippen molar-refractivity contribution in [1.82, 2.24) is 15.0 Å². The number of benzene rings is 4. The van der Waals surface area contributed by atoms with Crippen molar-refractivity contribution >= 4 is 17.3 Å². The van der Waals surface area contributed by atoms with E-state index in [0.29, 0.717) is 28.2 Å². The number of halogens is 1. The highest BCUT2D eigenvalue weighted by atomic mass is 35.5. The minimum atomic E-state index is 0.614. The second kappa shape index (κ2) is 8.61. The van der Waals surface area contributed by atoms with E-state index in [9.17, 15) is 0 Å². The lowest BCUT2D eigenvalue weighted by molar-refractivity contribution is 1.07. The third kappa shape index (κ3) is 4.09. The topological polar surface area (TPSA) is 64.7 Å². The molecule has 4 aromatic carbocycles. The van der Waals surface area contributed by atoms with Gasteiger partial charge in [-0.25, -0.2) is 15.0 Å². The van der Waals surface area contributed by atoms with Gasteiger partial charge in [-0.15, -0.1) is 0 Å². The number of nitrogens with zero attached hydrogens (tertiary/aromatic N) is 3. The van der Waals surface area contributed by atoms with Gasteiger partial charge in [0.25, 0.3) is 0 Å². The Morgan fingerprint density at radius 3 is 1.44 bits per heavy atom. The van der Waals surface area contributed by atoms with Crippen LogP contribution < -0.4 is 5.73 Å². The van der Waals surface area contributed by atoms with Gasteiger partial charge < -0.3 is 5.73 Å². The molecule has 0 unspecified atom stereocenters. The Labute approximate surface area is 191 Å². The third-order valence-electron chi connectivity index (χ3n) is 5.17. The fourth-order valence-electron chi connectivity index (χ4n) is 3.52. The van der Waals surface area contributed by atoms with Crippen LogP contribution in [0.25, 0.3) is 45.3 Å². The van der Waals surface area contributed by atoms with E-state index in [0.717, 1.165) is 27.8 Å². The lowest BCUT2D eigenvalue weighted by Crippen LogP contribution is -2.00. The molecule has 0 fully saturated rings. The molecule has 32 heavy (non-hydrogen) atoms. The van der Waals surface area contributed by atoms with Crippen LogP contribution in [-0.4, -0.2) is 15.0 Å². The summed E-state index contributed by atoms with van der Waals surface area (Å²) in [4.78, 5) is 14.3. The second-order valence-electron chi connectivity index (χ2n) is 7.35. The van der Waals surface area contributed by atoms with Gasteiger partial charge in [0.15, 0.2) is 17.5 Å². The lowest BCUT2D eigenvalue weighted by Gasteiger charge is -2.10. The average Bonchev–Trinajstić information content (AvgIpc) is 2.86. The molecule has 0 aliphatic carbocycles. The minimum Gasteiger partial charge on any atom is -0.398 e. The molecule has 1 heterocycles. The van der Waals surface area contributed by atoms with Crippen molar-refractivity contribution < 1.29 is 0 Å². The van der Waals surface area contributed by atoms with E-state index in [2.05, 4.69) is 0 Å². The lowest BCUT2D eigenvalue weighted by atomic mass is 10.0. The number of hydrogen-bond donors (Lipinski definition) is 1. The van der Waals surface area contributed by atoms with Crippen LogP contribution in [0.2, 0.25) is 5.02 Å². The summed E-state index contributed by atoms with van der Waals surface area (Å²) in [6, 6.07) is 33.3. The van der Waals surface area contributed by atoms with Gasteiger partial charge in [0, 0.05) is 33.0 Å².